The van der Waals surface area contributed by atoms with E-state index in [0.717, 1.165) is 0 Å². The van der Waals surface area contributed by atoms with Crippen LogP contribution in [0.1, 0.15) is 58.2 Å². The highest BCUT2D eigenvalue weighted by Crippen LogP contribution is 2.49. The minimum Gasteiger partial charge on any atom is -0.332 e. The van der Waals surface area contributed by atoms with E-state index < -0.39 is 8.24 Å². The Bertz CT molecular complexity index is 760. The quantitative estimate of drug-likeness (QED) is 0.606. The summed E-state index contributed by atoms with van der Waals surface area (Å²) in [6.45, 7) is 16.9. The van der Waals surface area contributed by atoms with Gasteiger partial charge in [-0.1, -0.05) is 75.8 Å². The van der Waals surface area contributed by atoms with Crippen LogP contribution in [0.5, 0.6) is 0 Å². The highest BCUT2D eigenvalue weighted by atomic mass is 28.3. The standard InChI is InChI=1S/C24H35NSi/c1-17(2)26(7,25-24(4,5)6)23-18(3)16-22-20(14-11-15-21(22)23)19-12-9-8-10-13-19/h8-15,17-18,23,25H,16H2,1-7H3. The molecule has 0 aromatic heterocycles. The molecule has 2 aromatic rings. The van der Waals surface area contributed by atoms with Gasteiger partial charge in [-0.3, -0.25) is 0 Å². The van der Waals surface area contributed by atoms with Crippen molar-refractivity contribution < 1.29 is 0 Å². The molecule has 1 N–H and O–H groups in total. The van der Waals surface area contributed by atoms with Gasteiger partial charge in [-0.2, -0.15) is 0 Å². The van der Waals surface area contributed by atoms with Gasteiger partial charge in [0.25, 0.3) is 0 Å². The molecule has 3 rings (SSSR count). The van der Waals surface area contributed by atoms with E-state index in [4.69, 9.17) is 0 Å². The van der Waals surface area contributed by atoms with Gasteiger partial charge in [0.2, 0.25) is 0 Å². The first-order valence-electron chi connectivity index (χ1n) is 10.1. The molecule has 0 spiro atoms. The number of rotatable bonds is 4. The molecule has 0 saturated heterocycles. The van der Waals surface area contributed by atoms with Gasteiger partial charge in [-0.15, -0.1) is 0 Å². The summed E-state index contributed by atoms with van der Waals surface area (Å²) < 4.78 is 0. The zero-order chi connectivity index (χ0) is 19.1. The molecule has 3 unspecified atom stereocenters. The summed E-state index contributed by atoms with van der Waals surface area (Å²) in [5.74, 6) is 0.698. The van der Waals surface area contributed by atoms with Crippen LogP contribution in [0, 0.1) is 5.92 Å². The SMILES string of the molecule is CC1Cc2c(-c3ccccc3)cccc2C1[Si](C)(NC(C)(C)C)C(C)C. The number of hydrogen-bond acceptors (Lipinski definition) is 1. The van der Waals surface area contributed by atoms with E-state index in [1.165, 1.54) is 17.5 Å². The fourth-order valence-corrected chi connectivity index (χ4v) is 10.1. The van der Waals surface area contributed by atoms with Crippen LogP contribution in [0.3, 0.4) is 0 Å². The van der Waals surface area contributed by atoms with Crippen LogP contribution in [0.2, 0.25) is 12.1 Å². The van der Waals surface area contributed by atoms with Gasteiger partial charge >= 0.3 is 0 Å². The summed E-state index contributed by atoms with van der Waals surface area (Å²) in [4.78, 5) is 4.14. The van der Waals surface area contributed by atoms with Crippen molar-refractivity contribution in [1.29, 1.82) is 0 Å². The molecule has 0 heterocycles. The molecule has 0 aliphatic heterocycles. The van der Waals surface area contributed by atoms with Crippen LogP contribution in [-0.2, 0) is 6.42 Å². The largest absolute Gasteiger partial charge is 0.332 e. The van der Waals surface area contributed by atoms with E-state index in [1.54, 1.807) is 11.1 Å². The van der Waals surface area contributed by atoms with Gasteiger partial charge in [0.05, 0.1) is 0 Å². The van der Waals surface area contributed by atoms with E-state index in [2.05, 4.69) is 102 Å². The van der Waals surface area contributed by atoms with Crippen molar-refractivity contribution in [3.05, 3.63) is 59.7 Å². The van der Waals surface area contributed by atoms with Gasteiger partial charge in [0, 0.05) is 5.54 Å². The predicted octanol–water partition coefficient (Wildman–Crippen LogP) is 6.54. The second kappa shape index (κ2) is 6.98. The Labute approximate surface area is 161 Å². The maximum Gasteiger partial charge on any atom is 0.133 e. The molecule has 1 nitrogen and oxygen atoms in total. The van der Waals surface area contributed by atoms with Gasteiger partial charge in [-0.25, -0.2) is 0 Å². The van der Waals surface area contributed by atoms with Crippen molar-refractivity contribution in [3.8, 4) is 11.1 Å². The third-order valence-electron chi connectivity index (χ3n) is 6.22. The van der Waals surface area contributed by atoms with Crippen LogP contribution in [0.25, 0.3) is 11.1 Å². The Morgan fingerprint density at radius 2 is 1.65 bits per heavy atom. The molecule has 2 aromatic carbocycles. The lowest BCUT2D eigenvalue weighted by Gasteiger charge is -2.45. The highest BCUT2D eigenvalue weighted by Gasteiger charge is 2.48. The molecule has 26 heavy (non-hydrogen) atoms. The smallest absolute Gasteiger partial charge is 0.133 e. The summed E-state index contributed by atoms with van der Waals surface area (Å²) in [5, 5.41) is 0. The summed E-state index contributed by atoms with van der Waals surface area (Å²) in [7, 11) is -1.72. The Hall–Kier alpha value is -1.38. The lowest BCUT2D eigenvalue weighted by atomic mass is 9.97. The van der Waals surface area contributed by atoms with E-state index in [1.807, 2.05) is 0 Å². The first kappa shape index (κ1) is 19.4. The molecule has 0 saturated carbocycles. The Morgan fingerprint density at radius 1 is 1.00 bits per heavy atom. The van der Waals surface area contributed by atoms with Crippen molar-refractivity contribution in [3.63, 3.8) is 0 Å². The van der Waals surface area contributed by atoms with E-state index in [9.17, 15) is 0 Å². The highest BCUT2D eigenvalue weighted by molar-refractivity contribution is 6.79. The Balaban J connectivity index is 2.11. The molecule has 0 radical (unpaired) electrons. The van der Waals surface area contributed by atoms with Crippen molar-refractivity contribution >= 4 is 8.24 Å². The molecule has 140 valence electrons. The lowest BCUT2D eigenvalue weighted by molar-refractivity contribution is 0.481. The van der Waals surface area contributed by atoms with Crippen molar-refractivity contribution in [2.24, 2.45) is 5.92 Å². The number of benzene rings is 2. The normalized spacial score (nSPS) is 22.3. The van der Waals surface area contributed by atoms with Gasteiger partial charge < -0.3 is 4.98 Å². The molecule has 0 bridgehead atoms. The van der Waals surface area contributed by atoms with Crippen molar-refractivity contribution in [2.45, 2.75) is 71.1 Å². The van der Waals surface area contributed by atoms with Gasteiger partial charge in [0.15, 0.2) is 0 Å². The van der Waals surface area contributed by atoms with E-state index in [0.29, 0.717) is 17.0 Å². The molecule has 0 fully saturated rings. The predicted molar refractivity (Wildman–Crippen MR) is 117 cm³/mol. The first-order chi connectivity index (χ1) is 12.1. The maximum atomic E-state index is 4.14. The first-order valence-corrected chi connectivity index (χ1v) is 12.8. The average Bonchev–Trinajstić information content (AvgIpc) is 2.90. The summed E-state index contributed by atoms with van der Waals surface area (Å²) >= 11 is 0. The van der Waals surface area contributed by atoms with E-state index >= 15 is 0 Å². The Morgan fingerprint density at radius 3 is 2.23 bits per heavy atom. The minimum atomic E-state index is -1.72. The second-order valence-electron chi connectivity index (χ2n) is 9.71. The lowest BCUT2D eigenvalue weighted by Crippen LogP contribution is -2.62. The van der Waals surface area contributed by atoms with E-state index in [-0.39, 0.29) is 5.54 Å². The van der Waals surface area contributed by atoms with Crippen LogP contribution in [-0.4, -0.2) is 13.8 Å². The monoisotopic (exact) mass is 365 g/mol. The topological polar surface area (TPSA) is 12.0 Å². The molecule has 1 aliphatic carbocycles. The second-order valence-corrected chi connectivity index (χ2v) is 14.3. The van der Waals surface area contributed by atoms with Crippen molar-refractivity contribution in [2.75, 3.05) is 0 Å². The fraction of sp³-hybridized carbons (Fsp3) is 0.500. The molecule has 0 amide bonds. The molecular weight excluding hydrogens is 330 g/mol. The molecule has 1 aliphatic rings. The van der Waals surface area contributed by atoms with Gasteiger partial charge in [-0.05, 0) is 66.4 Å². The summed E-state index contributed by atoms with van der Waals surface area (Å²) in [6.07, 6.45) is 1.20. The summed E-state index contributed by atoms with van der Waals surface area (Å²) in [6, 6.07) is 17.9. The minimum absolute atomic E-state index is 0.157. The molecular formula is C24H35NSi. The third kappa shape index (κ3) is 3.54. The zero-order valence-corrected chi connectivity index (χ0v) is 18.6. The van der Waals surface area contributed by atoms with Crippen LogP contribution >= 0.6 is 0 Å². The van der Waals surface area contributed by atoms with Crippen LogP contribution in [0.4, 0.5) is 0 Å². The average molecular weight is 366 g/mol. The van der Waals surface area contributed by atoms with Crippen LogP contribution in [0.15, 0.2) is 48.5 Å². The fourth-order valence-electron chi connectivity index (χ4n) is 5.06. The maximum absolute atomic E-state index is 4.14. The van der Waals surface area contributed by atoms with Gasteiger partial charge in [0.1, 0.15) is 8.24 Å². The number of nitrogens with one attached hydrogen (secondary N) is 1. The number of fused-ring (bicyclic) bond motifs is 1. The number of hydrogen-bond donors (Lipinski definition) is 1. The zero-order valence-electron chi connectivity index (χ0n) is 17.6. The molecule has 2 heteroatoms. The van der Waals surface area contributed by atoms with Crippen LogP contribution < -0.4 is 4.98 Å². The van der Waals surface area contributed by atoms with Crippen molar-refractivity contribution in [1.82, 2.24) is 4.98 Å². The Kier molecular flexibility index (Phi) is 5.20. The molecule has 3 atom stereocenters. The summed E-state index contributed by atoms with van der Waals surface area (Å²) in [5.41, 5.74) is 7.51. The third-order valence-corrected chi connectivity index (χ3v) is 12.1.